The second-order valence-electron chi connectivity index (χ2n) is 11.5. The summed E-state index contributed by atoms with van der Waals surface area (Å²) in [4.78, 5) is 30.1. The molecule has 2 atom stereocenters. The van der Waals surface area contributed by atoms with Crippen LogP contribution in [0.3, 0.4) is 0 Å². The van der Waals surface area contributed by atoms with Gasteiger partial charge in [-0.25, -0.2) is 0 Å². The highest BCUT2D eigenvalue weighted by Gasteiger charge is 2.53. The van der Waals surface area contributed by atoms with E-state index in [4.69, 9.17) is 10.5 Å². The summed E-state index contributed by atoms with van der Waals surface area (Å²) < 4.78 is 9.37. The lowest BCUT2D eigenvalue weighted by Crippen LogP contribution is -2.66. The van der Waals surface area contributed by atoms with E-state index in [9.17, 15) is 9.59 Å². The van der Waals surface area contributed by atoms with Crippen molar-refractivity contribution in [1.29, 1.82) is 0 Å². The van der Waals surface area contributed by atoms with E-state index < -0.39 is 0 Å². The van der Waals surface area contributed by atoms with Gasteiger partial charge in [0.15, 0.2) is 0 Å². The summed E-state index contributed by atoms with van der Waals surface area (Å²) in [5, 5.41) is 4.77. The van der Waals surface area contributed by atoms with Gasteiger partial charge in [0.1, 0.15) is 11.4 Å². The summed E-state index contributed by atoms with van der Waals surface area (Å²) in [7, 11) is 0. The van der Waals surface area contributed by atoms with E-state index in [1.54, 1.807) is 16.7 Å². The maximum absolute atomic E-state index is 12.9. The molecule has 3 fully saturated rings. The van der Waals surface area contributed by atoms with Crippen molar-refractivity contribution in [3.8, 4) is 5.75 Å². The van der Waals surface area contributed by atoms with E-state index in [-0.39, 0.29) is 34.2 Å². The molecule has 8 rings (SSSR count). The van der Waals surface area contributed by atoms with Gasteiger partial charge in [0.2, 0.25) is 0 Å². The van der Waals surface area contributed by atoms with E-state index in [0.717, 1.165) is 80.5 Å². The lowest BCUT2D eigenvalue weighted by atomic mass is 9.53. The molecule has 2 aliphatic heterocycles. The predicted octanol–water partition coefficient (Wildman–Crippen LogP) is 2.65. The molecule has 188 valence electrons. The van der Waals surface area contributed by atoms with Crippen molar-refractivity contribution in [3.05, 3.63) is 68.5 Å². The fourth-order valence-electron chi connectivity index (χ4n) is 7.53. The molecule has 36 heavy (non-hydrogen) atoms. The summed E-state index contributed by atoms with van der Waals surface area (Å²) in [6.07, 6.45) is 10.0. The number of ether oxygens (including phenoxy) is 1. The van der Waals surface area contributed by atoms with Gasteiger partial charge >= 0.3 is 0 Å². The number of fused-ring (bicyclic) bond motifs is 4. The van der Waals surface area contributed by atoms with Crippen LogP contribution < -0.4 is 26.9 Å². The van der Waals surface area contributed by atoms with Gasteiger partial charge < -0.3 is 15.8 Å². The average Bonchev–Trinajstić information content (AvgIpc) is 3.28. The van der Waals surface area contributed by atoms with Crippen LogP contribution in [0.5, 0.6) is 5.75 Å². The van der Waals surface area contributed by atoms with Gasteiger partial charge in [-0.3, -0.25) is 23.7 Å². The fraction of sp³-hybridized carbons (Fsp3) is 0.536. The Morgan fingerprint density at radius 3 is 2.72 bits per heavy atom. The number of nitrogens with one attached hydrogen (secondary N) is 1. The second kappa shape index (κ2) is 8.02. The Balaban J connectivity index is 1.08. The summed E-state index contributed by atoms with van der Waals surface area (Å²) in [6.45, 7) is 2.06. The quantitative estimate of drug-likeness (QED) is 0.574. The zero-order chi connectivity index (χ0) is 24.5. The molecule has 3 N–H and O–H groups in total. The number of pyridine rings is 3. The highest BCUT2D eigenvalue weighted by molar-refractivity contribution is 5.76. The smallest absolute Gasteiger partial charge is 0.252 e. The minimum absolute atomic E-state index is 0.00368. The number of hydrogen-bond donors (Lipinski definition) is 2. The first-order chi connectivity index (χ1) is 17.5. The molecule has 0 aromatic carbocycles. The minimum Gasteiger partial charge on any atom is -0.492 e. The maximum atomic E-state index is 12.9. The summed E-state index contributed by atoms with van der Waals surface area (Å²) >= 11 is 0. The van der Waals surface area contributed by atoms with Gasteiger partial charge in [-0.15, -0.1) is 0 Å². The molecule has 3 aromatic heterocycles. The highest BCUT2D eigenvalue weighted by atomic mass is 16.5. The van der Waals surface area contributed by atoms with Crippen molar-refractivity contribution in [3.63, 3.8) is 0 Å². The Morgan fingerprint density at radius 2 is 1.92 bits per heavy atom. The van der Waals surface area contributed by atoms with E-state index in [0.29, 0.717) is 13.1 Å². The van der Waals surface area contributed by atoms with Crippen LogP contribution >= 0.6 is 0 Å². The lowest BCUT2D eigenvalue weighted by Gasteiger charge is -2.58. The van der Waals surface area contributed by atoms with Gasteiger partial charge in [0.25, 0.3) is 11.1 Å². The number of hydrogen-bond acceptors (Lipinski definition) is 6. The molecular weight excluding hydrogens is 454 g/mol. The zero-order valence-corrected chi connectivity index (χ0v) is 20.5. The van der Waals surface area contributed by atoms with Crippen molar-refractivity contribution in [2.45, 2.75) is 82.1 Å². The Morgan fingerprint density at radius 1 is 1.11 bits per heavy atom. The van der Waals surface area contributed by atoms with Crippen LogP contribution in [-0.2, 0) is 19.5 Å². The summed E-state index contributed by atoms with van der Waals surface area (Å²) in [6, 6.07) is 9.13. The van der Waals surface area contributed by atoms with E-state index in [1.165, 1.54) is 5.56 Å². The number of nitrogens with zero attached hydrogens (tertiary/aromatic N) is 3. The molecule has 8 heteroatoms. The van der Waals surface area contributed by atoms with Crippen LogP contribution in [0.15, 0.2) is 46.1 Å². The van der Waals surface area contributed by atoms with Gasteiger partial charge in [0.05, 0.1) is 24.5 Å². The average molecular weight is 488 g/mol. The van der Waals surface area contributed by atoms with Gasteiger partial charge in [-0.05, 0) is 80.5 Å². The number of aryl methyl sites for hydroxylation is 1. The van der Waals surface area contributed by atoms with Crippen molar-refractivity contribution in [2.75, 3.05) is 6.61 Å². The van der Waals surface area contributed by atoms with Crippen molar-refractivity contribution in [1.82, 2.24) is 19.4 Å². The Kier molecular flexibility index (Phi) is 4.95. The molecule has 0 saturated heterocycles. The first-order valence-electron chi connectivity index (χ1n) is 13.3. The maximum Gasteiger partial charge on any atom is 0.252 e. The molecule has 3 saturated carbocycles. The monoisotopic (exact) mass is 487 g/mol. The number of rotatable bonds is 5. The van der Waals surface area contributed by atoms with Crippen molar-refractivity contribution < 1.29 is 4.74 Å². The molecule has 0 amide bonds. The second-order valence-corrected chi connectivity index (χ2v) is 11.5. The Hall–Kier alpha value is -2.97. The number of aromatic nitrogens is 3. The van der Waals surface area contributed by atoms with Crippen molar-refractivity contribution >= 4 is 11.0 Å². The Bertz CT molecular complexity index is 1460. The Labute approximate surface area is 209 Å². The van der Waals surface area contributed by atoms with Crippen LogP contribution in [0.25, 0.3) is 11.0 Å². The van der Waals surface area contributed by atoms with E-state index in [2.05, 4.69) is 16.4 Å². The van der Waals surface area contributed by atoms with Crippen LogP contribution in [0.4, 0.5) is 0 Å². The highest BCUT2D eigenvalue weighted by Crippen LogP contribution is 2.55. The van der Waals surface area contributed by atoms with E-state index in [1.807, 2.05) is 22.9 Å². The predicted molar refractivity (Wildman–Crippen MR) is 137 cm³/mol. The molecule has 0 radical (unpaired) electrons. The van der Waals surface area contributed by atoms with Crippen LogP contribution in [0.1, 0.15) is 62.2 Å². The van der Waals surface area contributed by atoms with Gasteiger partial charge in [-0.1, -0.05) is 0 Å². The summed E-state index contributed by atoms with van der Waals surface area (Å²) in [5.74, 6) is 0.922. The molecule has 0 spiro atoms. The fourth-order valence-corrected chi connectivity index (χ4v) is 7.53. The first kappa shape index (κ1) is 22.2. The van der Waals surface area contributed by atoms with Gasteiger partial charge in [-0.2, -0.15) is 0 Å². The molecule has 5 heterocycles. The SMILES string of the molecule is N[C@H]1CC2(C[C@@H]3Cn4c(=O)ccc5ccc(=O)n3c54)CCC1(NCc1cc3c(cn1)OCCC3)CC2. The third-order valence-electron chi connectivity index (χ3n) is 9.52. The molecule has 3 aromatic rings. The standard InChI is InChI=1S/C28H33N5O3/c29-23-14-27(13-21-17-32-24(34)5-3-18-4-6-25(35)33(21)26(18)32)7-9-28(23,10-8-27)31-15-20-12-19-2-1-11-36-22(19)16-30-20/h3-6,12,16,21,23,31H,1-2,7-11,13-15,17,29H2/t21-,23+,27?,28?/m1/s1. The topological polar surface area (TPSA) is 104 Å². The largest absolute Gasteiger partial charge is 0.492 e. The van der Waals surface area contributed by atoms with Crippen molar-refractivity contribution in [2.24, 2.45) is 11.1 Å². The molecule has 8 nitrogen and oxygen atoms in total. The van der Waals surface area contributed by atoms with Gasteiger partial charge in [0, 0.05) is 42.2 Å². The summed E-state index contributed by atoms with van der Waals surface area (Å²) in [5.41, 5.74) is 9.94. The first-order valence-corrected chi connectivity index (χ1v) is 13.3. The normalized spacial score (nSPS) is 30.4. The third-order valence-corrected chi connectivity index (χ3v) is 9.52. The van der Waals surface area contributed by atoms with Crippen LogP contribution in [0.2, 0.25) is 0 Å². The molecule has 3 aliphatic carbocycles. The molecule has 2 bridgehead atoms. The van der Waals surface area contributed by atoms with E-state index >= 15 is 0 Å². The molecule has 0 unspecified atom stereocenters. The minimum atomic E-state index is -0.0672. The van der Waals surface area contributed by atoms with Crippen LogP contribution in [-0.4, -0.2) is 32.3 Å². The lowest BCUT2D eigenvalue weighted by molar-refractivity contribution is -0.0114. The third kappa shape index (κ3) is 3.38. The molecule has 5 aliphatic rings. The molecular formula is C28H33N5O3. The number of nitrogens with two attached hydrogens (primary N) is 1. The van der Waals surface area contributed by atoms with Crippen LogP contribution in [0, 0.1) is 5.41 Å². The zero-order valence-electron chi connectivity index (χ0n) is 20.5.